The molecule has 0 aliphatic heterocycles. The number of esters is 1. The molecule has 0 atom stereocenters. The number of ether oxygens (including phenoxy) is 1. The lowest BCUT2D eigenvalue weighted by molar-refractivity contribution is 0.0378. The molecule has 0 radical (unpaired) electrons. The van der Waals surface area contributed by atoms with E-state index in [1.807, 2.05) is 19.9 Å². The van der Waals surface area contributed by atoms with Gasteiger partial charge in [0.25, 0.3) is 0 Å². The molecule has 4 heteroatoms. The van der Waals surface area contributed by atoms with E-state index in [1.165, 1.54) is 0 Å². The van der Waals surface area contributed by atoms with Gasteiger partial charge in [-0.3, -0.25) is 0 Å². The van der Waals surface area contributed by atoms with E-state index in [2.05, 4.69) is 62.2 Å². The van der Waals surface area contributed by atoms with Crippen molar-refractivity contribution in [2.24, 2.45) is 0 Å². The Labute approximate surface area is 149 Å². The first-order chi connectivity index (χ1) is 10.9. The topological polar surface area (TPSA) is 26.3 Å². The summed E-state index contributed by atoms with van der Waals surface area (Å²) in [7, 11) is -2.97. The van der Waals surface area contributed by atoms with Crippen molar-refractivity contribution in [2.45, 2.75) is 59.2 Å². The lowest BCUT2D eigenvalue weighted by Gasteiger charge is -2.09. The molecule has 0 fully saturated rings. The summed E-state index contributed by atoms with van der Waals surface area (Å²) in [5.41, 5.74) is 8.86. The molecule has 0 aliphatic carbocycles. The van der Waals surface area contributed by atoms with E-state index in [-0.39, 0.29) is 12.1 Å². The van der Waals surface area contributed by atoms with Crippen molar-refractivity contribution in [1.82, 2.24) is 0 Å². The average Bonchev–Trinajstić information content (AvgIpc) is 2.40. The van der Waals surface area contributed by atoms with Crippen LogP contribution in [0.2, 0.25) is 39.3 Å². The zero-order chi connectivity index (χ0) is 18.5. The fourth-order valence-electron chi connectivity index (χ4n) is 1.69. The number of carbonyl (C=O) groups excluding carboxylic acids is 1. The van der Waals surface area contributed by atoms with Gasteiger partial charge in [-0.2, -0.15) is 0 Å². The van der Waals surface area contributed by atoms with E-state index >= 15 is 0 Å². The third-order valence-corrected chi connectivity index (χ3v) is 4.43. The molecule has 0 N–H and O–H groups in total. The van der Waals surface area contributed by atoms with Crippen LogP contribution in [0.1, 0.15) is 35.3 Å². The van der Waals surface area contributed by atoms with Gasteiger partial charge in [-0.1, -0.05) is 51.1 Å². The minimum Gasteiger partial charge on any atom is -0.459 e. The van der Waals surface area contributed by atoms with Gasteiger partial charge in [0.15, 0.2) is 0 Å². The van der Waals surface area contributed by atoms with Crippen LogP contribution in [-0.4, -0.2) is 28.2 Å². The number of rotatable bonds is 2. The van der Waals surface area contributed by atoms with Crippen LogP contribution < -0.4 is 0 Å². The first-order valence-corrected chi connectivity index (χ1v) is 15.3. The average molecular weight is 357 g/mol. The van der Waals surface area contributed by atoms with Gasteiger partial charge in [-0.05, 0) is 32.0 Å². The lowest BCUT2D eigenvalue weighted by Crippen LogP contribution is -2.16. The molecule has 0 saturated carbocycles. The number of benzene rings is 1. The number of hydrogen-bond acceptors (Lipinski definition) is 2. The van der Waals surface area contributed by atoms with Crippen LogP contribution in [0.5, 0.6) is 0 Å². The van der Waals surface area contributed by atoms with Gasteiger partial charge in [0.1, 0.15) is 16.1 Å². The standard InChI is InChI=1S/C20H28O2Si2/c1-16(2)22-20(21)19-14-17(9-11-23(3,4)5)13-18(15-19)10-12-24(6,7)8/h13-16H,1-8H3. The molecule has 0 amide bonds. The second-order valence-corrected chi connectivity index (χ2v) is 17.8. The Balaban J connectivity index is 3.35. The Morgan fingerprint density at radius 2 is 1.29 bits per heavy atom. The molecular formula is C20H28O2Si2. The monoisotopic (exact) mass is 356 g/mol. The van der Waals surface area contributed by atoms with Crippen molar-refractivity contribution >= 4 is 22.1 Å². The van der Waals surface area contributed by atoms with Crippen LogP contribution in [0.4, 0.5) is 0 Å². The molecule has 0 aliphatic rings. The molecule has 1 aromatic rings. The van der Waals surface area contributed by atoms with E-state index < -0.39 is 16.1 Å². The van der Waals surface area contributed by atoms with E-state index in [0.29, 0.717) is 5.56 Å². The van der Waals surface area contributed by atoms with Crippen molar-refractivity contribution in [3.63, 3.8) is 0 Å². The summed E-state index contributed by atoms with van der Waals surface area (Å²) in [6.07, 6.45) is -0.147. The highest BCUT2D eigenvalue weighted by atomic mass is 28.3. The van der Waals surface area contributed by atoms with Crippen LogP contribution >= 0.6 is 0 Å². The summed E-state index contributed by atoms with van der Waals surface area (Å²) in [5.74, 6) is 6.11. The molecule has 0 heterocycles. The summed E-state index contributed by atoms with van der Waals surface area (Å²) in [4.78, 5) is 12.3. The van der Waals surface area contributed by atoms with Crippen LogP contribution in [0.15, 0.2) is 18.2 Å². The number of hydrogen-bond donors (Lipinski definition) is 0. The van der Waals surface area contributed by atoms with E-state index in [9.17, 15) is 4.79 Å². The highest BCUT2D eigenvalue weighted by molar-refractivity contribution is 6.84. The smallest absolute Gasteiger partial charge is 0.338 e. The maximum Gasteiger partial charge on any atom is 0.338 e. The minimum absolute atomic E-state index is 0.147. The minimum atomic E-state index is -1.48. The van der Waals surface area contributed by atoms with Gasteiger partial charge in [0.05, 0.1) is 11.7 Å². The lowest BCUT2D eigenvalue weighted by atomic mass is 10.1. The van der Waals surface area contributed by atoms with Gasteiger partial charge in [-0.25, -0.2) is 4.79 Å². The zero-order valence-electron chi connectivity index (χ0n) is 16.1. The Kier molecular flexibility index (Phi) is 6.66. The van der Waals surface area contributed by atoms with E-state index in [4.69, 9.17) is 4.74 Å². The predicted octanol–water partition coefficient (Wildman–Crippen LogP) is 4.71. The first-order valence-electron chi connectivity index (χ1n) is 8.28. The maximum absolute atomic E-state index is 12.3. The Bertz CT molecular complexity index is 677. The van der Waals surface area contributed by atoms with Crippen LogP contribution in [-0.2, 0) is 4.74 Å². The Hall–Kier alpha value is -1.76. The van der Waals surface area contributed by atoms with Crippen LogP contribution in [0.3, 0.4) is 0 Å². The first kappa shape index (κ1) is 20.3. The SMILES string of the molecule is CC(C)OC(=O)c1cc(C#C[Si](C)(C)C)cc(C#C[Si](C)(C)C)c1. The van der Waals surface area contributed by atoms with Crippen molar-refractivity contribution in [2.75, 3.05) is 0 Å². The summed E-state index contributed by atoms with van der Waals surface area (Å²) in [6.45, 7) is 16.9. The molecule has 0 aromatic heterocycles. The summed E-state index contributed by atoms with van der Waals surface area (Å²) in [6, 6.07) is 5.57. The third-order valence-electron chi connectivity index (χ3n) is 2.68. The van der Waals surface area contributed by atoms with E-state index in [1.54, 1.807) is 12.1 Å². The van der Waals surface area contributed by atoms with Gasteiger partial charge < -0.3 is 4.74 Å². The maximum atomic E-state index is 12.3. The van der Waals surface area contributed by atoms with Crippen LogP contribution in [0, 0.1) is 22.9 Å². The molecule has 2 nitrogen and oxygen atoms in total. The van der Waals surface area contributed by atoms with Crippen molar-refractivity contribution < 1.29 is 9.53 Å². The molecular weight excluding hydrogens is 328 g/mol. The predicted molar refractivity (Wildman–Crippen MR) is 107 cm³/mol. The summed E-state index contributed by atoms with van der Waals surface area (Å²) < 4.78 is 5.32. The number of carbonyl (C=O) groups is 1. The van der Waals surface area contributed by atoms with Gasteiger partial charge >= 0.3 is 5.97 Å². The molecule has 1 aromatic carbocycles. The largest absolute Gasteiger partial charge is 0.459 e. The summed E-state index contributed by atoms with van der Waals surface area (Å²) >= 11 is 0. The molecule has 0 spiro atoms. The quantitative estimate of drug-likeness (QED) is 0.436. The second-order valence-electron chi connectivity index (χ2n) is 8.25. The highest BCUT2D eigenvalue weighted by Gasteiger charge is 2.13. The van der Waals surface area contributed by atoms with Gasteiger partial charge in [0, 0.05) is 11.1 Å². The zero-order valence-corrected chi connectivity index (χ0v) is 18.1. The summed E-state index contributed by atoms with van der Waals surface area (Å²) in [5, 5.41) is 0. The molecule has 0 bridgehead atoms. The van der Waals surface area contributed by atoms with E-state index in [0.717, 1.165) is 11.1 Å². The Morgan fingerprint density at radius 3 is 1.62 bits per heavy atom. The van der Waals surface area contributed by atoms with Crippen molar-refractivity contribution in [3.8, 4) is 22.9 Å². The third kappa shape index (κ3) is 8.20. The fourth-order valence-corrected chi connectivity index (χ4v) is 2.73. The molecule has 24 heavy (non-hydrogen) atoms. The second kappa shape index (κ2) is 7.88. The molecule has 0 saturated heterocycles. The van der Waals surface area contributed by atoms with Crippen molar-refractivity contribution in [1.29, 1.82) is 0 Å². The van der Waals surface area contributed by atoms with Gasteiger partial charge in [-0.15, -0.1) is 11.1 Å². The normalized spacial score (nSPS) is 11.2. The molecule has 0 unspecified atom stereocenters. The highest BCUT2D eigenvalue weighted by Crippen LogP contribution is 2.13. The van der Waals surface area contributed by atoms with Crippen molar-refractivity contribution in [3.05, 3.63) is 34.9 Å². The van der Waals surface area contributed by atoms with Crippen LogP contribution in [0.25, 0.3) is 0 Å². The molecule has 128 valence electrons. The fraction of sp³-hybridized carbons (Fsp3) is 0.450. The molecule has 1 rings (SSSR count). The Morgan fingerprint density at radius 1 is 0.875 bits per heavy atom. The van der Waals surface area contributed by atoms with Gasteiger partial charge in [0.2, 0.25) is 0 Å².